The lowest BCUT2D eigenvalue weighted by atomic mass is 9.86. The second kappa shape index (κ2) is 8.77. The van der Waals surface area contributed by atoms with E-state index in [1.807, 2.05) is 0 Å². The molecule has 0 unspecified atom stereocenters. The smallest absolute Gasteiger partial charge is 0.337 e. The molecule has 0 radical (unpaired) electrons. The molecule has 4 rings (SSSR count). The predicted molar refractivity (Wildman–Crippen MR) is 115 cm³/mol. The molecule has 1 fully saturated rings. The number of carbonyl (C=O) groups is 1. The Morgan fingerprint density at radius 2 is 1.87 bits per heavy atom. The minimum absolute atomic E-state index is 0.0510. The molecule has 1 amide bonds. The van der Waals surface area contributed by atoms with Crippen molar-refractivity contribution in [1.29, 1.82) is 0 Å². The molecular formula is C24H30F3N3O. The minimum Gasteiger partial charge on any atom is -0.337 e. The van der Waals surface area contributed by atoms with Crippen LogP contribution in [0.2, 0.25) is 0 Å². The second-order valence-electron chi connectivity index (χ2n) is 9.28. The zero-order valence-electron chi connectivity index (χ0n) is 18.2. The van der Waals surface area contributed by atoms with Gasteiger partial charge in [-0.25, -0.2) is 0 Å². The molecule has 4 nitrogen and oxygen atoms in total. The van der Waals surface area contributed by atoms with Crippen LogP contribution in [-0.4, -0.2) is 60.7 Å². The van der Waals surface area contributed by atoms with Crippen LogP contribution in [0.5, 0.6) is 0 Å². The summed E-state index contributed by atoms with van der Waals surface area (Å²) < 4.78 is 40.1. The lowest BCUT2D eigenvalue weighted by Gasteiger charge is -2.34. The fraction of sp³-hybridized carbons (Fsp3) is 0.583. The van der Waals surface area contributed by atoms with Crippen molar-refractivity contribution in [2.75, 3.05) is 39.3 Å². The highest BCUT2D eigenvalue weighted by Crippen LogP contribution is 2.39. The van der Waals surface area contributed by atoms with Gasteiger partial charge in [0.1, 0.15) is 5.71 Å². The molecule has 0 saturated carbocycles. The molecule has 3 heterocycles. The molecule has 1 saturated heterocycles. The van der Waals surface area contributed by atoms with Gasteiger partial charge in [-0.05, 0) is 53.9 Å². The molecule has 0 aromatic heterocycles. The average molecular weight is 434 g/mol. The third-order valence-electron chi connectivity index (χ3n) is 6.55. The molecule has 0 spiro atoms. The highest BCUT2D eigenvalue weighted by Gasteiger charge is 2.37. The van der Waals surface area contributed by atoms with Crippen LogP contribution in [0.1, 0.15) is 50.2 Å². The Morgan fingerprint density at radius 1 is 1.16 bits per heavy atom. The number of hydrogen-bond donors (Lipinski definition) is 0. The Bertz CT molecular complexity index is 896. The molecule has 1 aromatic carbocycles. The Balaban J connectivity index is 1.39. The normalized spacial score (nSPS) is 21.0. The molecule has 1 aromatic rings. The molecule has 0 bridgehead atoms. The summed E-state index contributed by atoms with van der Waals surface area (Å²) >= 11 is 0. The second-order valence-corrected chi connectivity index (χ2v) is 9.28. The largest absolute Gasteiger partial charge is 0.416 e. The van der Waals surface area contributed by atoms with Crippen LogP contribution < -0.4 is 0 Å². The fourth-order valence-electron chi connectivity index (χ4n) is 5.12. The van der Waals surface area contributed by atoms with Gasteiger partial charge in [-0.15, -0.1) is 0 Å². The van der Waals surface area contributed by atoms with E-state index in [0.717, 1.165) is 37.7 Å². The number of nitrogens with zero attached hydrogens (tertiary/aromatic N) is 3. The minimum atomic E-state index is -4.35. The SMILES string of the molecule is CC(C)CN1CCC2=C(CN=C2C(=O)N2CCC(c3ccccc3C(F)(F)F)CC2)C1. The van der Waals surface area contributed by atoms with Crippen molar-refractivity contribution in [2.24, 2.45) is 10.9 Å². The Hall–Kier alpha value is -2.15. The van der Waals surface area contributed by atoms with E-state index in [2.05, 4.69) is 23.7 Å². The van der Waals surface area contributed by atoms with Gasteiger partial charge in [0.05, 0.1) is 12.1 Å². The summed E-state index contributed by atoms with van der Waals surface area (Å²) in [6.45, 7) is 8.83. The number of aliphatic imine (C=N–C) groups is 1. The Morgan fingerprint density at radius 3 is 2.55 bits per heavy atom. The monoisotopic (exact) mass is 433 g/mol. The third-order valence-corrected chi connectivity index (χ3v) is 6.55. The number of halogens is 3. The average Bonchev–Trinajstić information content (AvgIpc) is 3.15. The summed E-state index contributed by atoms with van der Waals surface area (Å²) in [4.78, 5) is 21.9. The predicted octanol–water partition coefficient (Wildman–Crippen LogP) is 4.52. The van der Waals surface area contributed by atoms with Crippen molar-refractivity contribution in [3.05, 3.63) is 46.5 Å². The van der Waals surface area contributed by atoms with E-state index < -0.39 is 11.7 Å². The molecule has 31 heavy (non-hydrogen) atoms. The van der Waals surface area contributed by atoms with Crippen LogP contribution in [0.4, 0.5) is 13.2 Å². The molecular weight excluding hydrogens is 403 g/mol. The van der Waals surface area contributed by atoms with Gasteiger partial charge in [-0.1, -0.05) is 32.0 Å². The van der Waals surface area contributed by atoms with Gasteiger partial charge in [-0.2, -0.15) is 13.2 Å². The van der Waals surface area contributed by atoms with E-state index >= 15 is 0 Å². The zero-order chi connectivity index (χ0) is 22.2. The van der Waals surface area contributed by atoms with E-state index in [-0.39, 0.29) is 11.8 Å². The maximum atomic E-state index is 13.4. The van der Waals surface area contributed by atoms with Gasteiger partial charge in [0.15, 0.2) is 0 Å². The molecule has 0 aliphatic carbocycles. The molecule has 0 atom stereocenters. The molecule has 168 valence electrons. The summed E-state index contributed by atoms with van der Waals surface area (Å²) in [6, 6.07) is 5.82. The Labute approximate surface area is 181 Å². The maximum Gasteiger partial charge on any atom is 0.416 e. The molecule has 3 aliphatic rings. The quantitative estimate of drug-likeness (QED) is 0.700. The van der Waals surface area contributed by atoms with E-state index in [4.69, 9.17) is 0 Å². The fourth-order valence-corrected chi connectivity index (χ4v) is 5.12. The van der Waals surface area contributed by atoms with Crippen LogP contribution in [0.25, 0.3) is 0 Å². The molecule has 0 N–H and O–H groups in total. The number of hydrogen-bond acceptors (Lipinski definition) is 3. The van der Waals surface area contributed by atoms with Crippen LogP contribution in [0.15, 0.2) is 40.4 Å². The van der Waals surface area contributed by atoms with Gasteiger partial charge >= 0.3 is 6.18 Å². The lowest BCUT2D eigenvalue weighted by molar-refractivity contribution is -0.138. The number of carbonyl (C=O) groups excluding carboxylic acids is 1. The third kappa shape index (κ3) is 4.71. The summed E-state index contributed by atoms with van der Waals surface area (Å²) in [7, 11) is 0. The summed E-state index contributed by atoms with van der Waals surface area (Å²) in [5.74, 6) is 0.376. The molecule has 7 heteroatoms. The van der Waals surface area contributed by atoms with Crippen LogP contribution >= 0.6 is 0 Å². The van der Waals surface area contributed by atoms with Crippen molar-refractivity contribution in [3.8, 4) is 0 Å². The highest BCUT2D eigenvalue weighted by atomic mass is 19.4. The first-order chi connectivity index (χ1) is 14.7. The van der Waals surface area contributed by atoms with Crippen LogP contribution in [-0.2, 0) is 11.0 Å². The maximum absolute atomic E-state index is 13.4. The van der Waals surface area contributed by atoms with E-state index in [1.165, 1.54) is 11.6 Å². The van der Waals surface area contributed by atoms with Crippen molar-refractivity contribution in [2.45, 2.75) is 45.2 Å². The zero-order valence-corrected chi connectivity index (χ0v) is 18.2. The lowest BCUT2D eigenvalue weighted by Crippen LogP contribution is -2.43. The van der Waals surface area contributed by atoms with Gasteiger partial charge in [0.2, 0.25) is 0 Å². The molecule has 3 aliphatic heterocycles. The van der Waals surface area contributed by atoms with Gasteiger partial charge < -0.3 is 4.90 Å². The van der Waals surface area contributed by atoms with Crippen molar-refractivity contribution in [1.82, 2.24) is 9.80 Å². The summed E-state index contributed by atoms with van der Waals surface area (Å²) in [5.41, 5.74) is 2.75. The summed E-state index contributed by atoms with van der Waals surface area (Å²) in [5, 5.41) is 0. The van der Waals surface area contributed by atoms with Crippen LogP contribution in [0, 0.1) is 5.92 Å². The number of amides is 1. The Kier molecular flexibility index (Phi) is 6.24. The number of benzene rings is 1. The highest BCUT2D eigenvalue weighted by molar-refractivity contribution is 6.46. The number of rotatable bonds is 4. The number of likely N-dealkylation sites (tertiary alicyclic amines) is 1. The van der Waals surface area contributed by atoms with Crippen molar-refractivity contribution < 1.29 is 18.0 Å². The first kappa shape index (κ1) is 22.1. The van der Waals surface area contributed by atoms with Crippen LogP contribution in [0.3, 0.4) is 0 Å². The number of piperidine rings is 1. The van der Waals surface area contributed by atoms with Gasteiger partial charge in [0, 0.05) is 32.7 Å². The topological polar surface area (TPSA) is 35.9 Å². The van der Waals surface area contributed by atoms with E-state index in [1.54, 1.807) is 17.0 Å². The van der Waals surface area contributed by atoms with Gasteiger partial charge in [0.25, 0.3) is 5.91 Å². The van der Waals surface area contributed by atoms with Crippen molar-refractivity contribution >= 4 is 11.6 Å². The first-order valence-electron chi connectivity index (χ1n) is 11.2. The number of alkyl halides is 3. The van der Waals surface area contributed by atoms with Crippen molar-refractivity contribution in [3.63, 3.8) is 0 Å². The van der Waals surface area contributed by atoms with E-state index in [0.29, 0.717) is 49.7 Å². The van der Waals surface area contributed by atoms with Gasteiger partial charge in [-0.3, -0.25) is 14.7 Å². The summed E-state index contributed by atoms with van der Waals surface area (Å²) in [6.07, 6.45) is -2.42. The standard InChI is InChI=1S/C24H30F3N3O/c1-16(2)14-29-10-9-20-18(15-29)13-28-22(20)23(31)30-11-7-17(8-12-30)19-5-3-4-6-21(19)24(25,26)27/h3-6,16-17H,7-15H2,1-2H3. The van der Waals surface area contributed by atoms with E-state index in [9.17, 15) is 18.0 Å². The first-order valence-corrected chi connectivity index (χ1v) is 11.2.